The molecule has 0 saturated carbocycles. The summed E-state index contributed by atoms with van der Waals surface area (Å²) in [6, 6.07) is 5.55. The summed E-state index contributed by atoms with van der Waals surface area (Å²) in [5.74, 6) is 0. The van der Waals surface area contributed by atoms with Crippen molar-refractivity contribution < 1.29 is 13.2 Å². The topological polar surface area (TPSA) is 36.3 Å². The van der Waals surface area contributed by atoms with Gasteiger partial charge in [-0.3, -0.25) is 9.58 Å². The maximum Gasteiger partial charge on any atom is 0.416 e. The number of aryl methyl sites for hydroxylation is 2. The van der Waals surface area contributed by atoms with Gasteiger partial charge in [0.1, 0.15) is 0 Å². The Kier molecular flexibility index (Phi) is 6.79. The summed E-state index contributed by atoms with van der Waals surface area (Å²) in [5.41, 5.74) is 2.20. The first kappa shape index (κ1) is 21.6. The number of aromatic nitrogens is 2. The highest BCUT2D eigenvalue weighted by Crippen LogP contribution is 2.29. The lowest BCUT2D eigenvalue weighted by molar-refractivity contribution is -0.137. The summed E-state index contributed by atoms with van der Waals surface area (Å²) in [5, 5.41) is 8.43. The molecular formula is C20H26F3N5S. The Morgan fingerprint density at radius 3 is 2.55 bits per heavy atom. The zero-order chi connectivity index (χ0) is 21.0. The van der Waals surface area contributed by atoms with Gasteiger partial charge in [0.15, 0.2) is 5.11 Å². The minimum Gasteiger partial charge on any atom is -0.358 e. The molecule has 1 fully saturated rings. The minimum absolute atomic E-state index is 0.507. The maximum absolute atomic E-state index is 12.9. The van der Waals surface area contributed by atoms with Gasteiger partial charge in [-0.05, 0) is 37.7 Å². The van der Waals surface area contributed by atoms with Gasteiger partial charge >= 0.3 is 6.18 Å². The number of halogens is 3. The lowest BCUT2D eigenvalue weighted by Crippen LogP contribution is -2.51. The van der Waals surface area contributed by atoms with Gasteiger partial charge in [-0.15, -0.1) is 0 Å². The van der Waals surface area contributed by atoms with Crippen LogP contribution in [0.1, 0.15) is 29.3 Å². The van der Waals surface area contributed by atoms with Crippen molar-refractivity contribution in [1.82, 2.24) is 24.9 Å². The average molecular weight is 426 g/mol. The fourth-order valence-corrected chi connectivity index (χ4v) is 3.65. The molecular weight excluding hydrogens is 399 g/mol. The lowest BCUT2D eigenvalue weighted by atomic mass is 10.1. The Balaban J connectivity index is 1.47. The van der Waals surface area contributed by atoms with E-state index in [0.29, 0.717) is 23.8 Å². The molecule has 0 bridgehead atoms. The van der Waals surface area contributed by atoms with Gasteiger partial charge in [0, 0.05) is 57.6 Å². The molecule has 0 aliphatic carbocycles. The molecule has 29 heavy (non-hydrogen) atoms. The summed E-state index contributed by atoms with van der Waals surface area (Å²) in [4.78, 5) is 4.27. The number of alkyl halides is 3. The molecule has 9 heteroatoms. The van der Waals surface area contributed by atoms with Crippen molar-refractivity contribution in [3.63, 3.8) is 0 Å². The van der Waals surface area contributed by atoms with Gasteiger partial charge in [0.2, 0.25) is 0 Å². The van der Waals surface area contributed by atoms with Gasteiger partial charge in [-0.25, -0.2) is 0 Å². The zero-order valence-electron chi connectivity index (χ0n) is 16.7. The van der Waals surface area contributed by atoms with Crippen molar-refractivity contribution in [2.45, 2.75) is 39.7 Å². The normalized spacial score (nSPS) is 15.6. The molecule has 0 unspecified atom stereocenters. The molecule has 158 valence electrons. The number of thiocarbonyl (C=S) groups is 1. The SMILES string of the molecule is CCn1cc(CNC(=S)N2CCN(Cc3cccc(C(F)(F)F)c3)CC2)c(C)n1. The number of rotatable bonds is 5. The van der Waals surface area contributed by atoms with E-state index >= 15 is 0 Å². The number of hydrogen-bond acceptors (Lipinski definition) is 3. The molecule has 1 saturated heterocycles. The highest BCUT2D eigenvalue weighted by atomic mass is 32.1. The first-order valence-corrected chi connectivity index (χ1v) is 10.1. The summed E-state index contributed by atoms with van der Waals surface area (Å²) in [7, 11) is 0. The van der Waals surface area contributed by atoms with Crippen LogP contribution >= 0.6 is 12.2 Å². The summed E-state index contributed by atoms with van der Waals surface area (Å²) in [6.07, 6.45) is -2.28. The van der Waals surface area contributed by atoms with Crippen LogP contribution in [0.4, 0.5) is 13.2 Å². The van der Waals surface area contributed by atoms with E-state index in [-0.39, 0.29) is 0 Å². The van der Waals surface area contributed by atoms with Crippen molar-refractivity contribution in [2.24, 2.45) is 0 Å². The van der Waals surface area contributed by atoms with Crippen LogP contribution in [0.2, 0.25) is 0 Å². The van der Waals surface area contributed by atoms with Crippen LogP contribution in [-0.4, -0.2) is 50.9 Å². The predicted molar refractivity (Wildman–Crippen MR) is 110 cm³/mol. The van der Waals surface area contributed by atoms with Crippen molar-refractivity contribution >= 4 is 17.3 Å². The zero-order valence-corrected chi connectivity index (χ0v) is 17.5. The standard InChI is InChI=1S/C20H26F3N5S/c1-3-28-14-17(15(2)25-28)12-24-19(29)27-9-7-26(8-10-27)13-16-5-4-6-18(11-16)20(21,22)23/h4-6,11,14H,3,7-10,12-13H2,1-2H3,(H,24,29). The first-order valence-electron chi connectivity index (χ1n) is 9.70. The van der Waals surface area contributed by atoms with Crippen molar-refractivity contribution in [3.05, 3.63) is 52.8 Å². The number of nitrogens with zero attached hydrogens (tertiary/aromatic N) is 4. The van der Waals surface area contributed by atoms with E-state index < -0.39 is 11.7 Å². The molecule has 2 heterocycles. The number of piperazine rings is 1. The van der Waals surface area contributed by atoms with Crippen LogP contribution in [0.25, 0.3) is 0 Å². The second kappa shape index (κ2) is 9.13. The molecule has 1 N–H and O–H groups in total. The third-order valence-corrected chi connectivity index (χ3v) is 5.52. The van der Waals surface area contributed by atoms with Gasteiger partial charge in [0.05, 0.1) is 11.3 Å². The van der Waals surface area contributed by atoms with Crippen LogP contribution in [0.5, 0.6) is 0 Å². The molecule has 0 atom stereocenters. The van der Waals surface area contributed by atoms with E-state index in [4.69, 9.17) is 12.2 Å². The molecule has 1 aromatic heterocycles. The Hall–Kier alpha value is -2.13. The summed E-state index contributed by atoms with van der Waals surface area (Å²) >= 11 is 5.52. The number of hydrogen-bond donors (Lipinski definition) is 1. The van der Waals surface area contributed by atoms with Crippen LogP contribution in [-0.2, 0) is 25.8 Å². The van der Waals surface area contributed by atoms with Gasteiger partial charge in [-0.1, -0.05) is 18.2 Å². The molecule has 0 spiro atoms. The second-order valence-electron chi connectivity index (χ2n) is 7.22. The van der Waals surface area contributed by atoms with Gasteiger partial charge in [-0.2, -0.15) is 18.3 Å². The number of benzene rings is 1. The Morgan fingerprint density at radius 2 is 1.93 bits per heavy atom. The van der Waals surface area contributed by atoms with E-state index in [1.807, 2.05) is 24.7 Å². The largest absolute Gasteiger partial charge is 0.416 e. The quantitative estimate of drug-likeness (QED) is 0.743. The Bertz CT molecular complexity index is 841. The highest BCUT2D eigenvalue weighted by Gasteiger charge is 2.30. The summed E-state index contributed by atoms with van der Waals surface area (Å²) in [6.45, 7) is 9.01. The van der Waals surface area contributed by atoms with E-state index in [1.165, 1.54) is 12.1 Å². The molecule has 0 amide bonds. The first-order chi connectivity index (χ1) is 13.8. The number of nitrogens with one attached hydrogen (secondary N) is 1. The molecule has 1 aliphatic heterocycles. The average Bonchev–Trinajstić information content (AvgIpc) is 3.06. The molecule has 2 aromatic rings. The van der Waals surface area contributed by atoms with Crippen molar-refractivity contribution in [1.29, 1.82) is 0 Å². The third-order valence-electron chi connectivity index (χ3n) is 5.12. The molecule has 5 nitrogen and oxygen atoms in total. The highest BCUT2D eigenvalue weighted by molar-refractivity contribution is 7.80. The maximum atomic E-state index is 12.9. The molecule has 1 aromatic carbocycles. The van der Waals surface area contributed by atoms with Crippen molar-refractivity contribution in [3.8, 4) is 0 Å². The van der Waals surface area contributed by atoms with E-state index in [1.54, 1.807) is 6.07 Å². The smallest absolute Gasteiger partial charge is 0.358 e. The fraction of sp³-hybridized carbons (Fsp3) is 0.500. The molecule has 3 rings (SSSR count). The van der Waals surface area contributed by atoms with Gasteiger partial charge in [0.25, 0.3) is 0 Å². The minimum atomic E-state index is -4.31. The van der Waals surface area contributed by atoms with Crippen molar-refractivity contribution in [2.75, 3.05) is 26.2 Å². The Labute approximate surface area is 174 Å². The van der Waals surface area contributed by atoms with E-state index in [2.05, 4.69) is 20.2 Å². The van der Waals surface area contributed by atoms with Crippen LogP contribution in [0, 0.1) is 6.92 Å². The van der Waals surface area contributed by atoms with E-state index in [9.17, 15) is 13.2 Å². The fourth-order valence-electron chi connectivity index (χ4n) is 3.39. The molecule has 0 radical (unpaired) electrons. The van der Waals surface area contributed by atoms with Gasteiger partial charge < -0.3 is 10.2 Å². The molecule has 1 aliphatic rings. The Morgan fingerprint density at radius 1 is 1.21 bits per heavy atom. The van der Waals surface area contributed by atoms with E-state index in [0.717, 1.165) is 50.0 Å². The van der Waals surface area contributed by atoms with Crippen LogP contribution in [0.3, 0.4) is 0 Å². The van der Waals surface area contributed by atoms with Crippen LogP contribution in [0.15, 0.2) is 30.5 Å². The summed E-state index contributed by atoms with van der Waals surface area (Å²) < 4.78 is 40.5. The second-order valence-corrected chi connectivity index (χ2v) is 7.60. The predicted octanol–water partition coefficient (Wildman–Crippen LogP) is 3.42. The lowest BCUT2D eigenvalue weighted by Gasteiger charge is -2.36. The monoisotopic (exact) mass is 425 g/mol. The third kappa shape index (κ3) is 5.70. The van der Waals surface area contributed by atoms with Crippen LogP contribution < -0.4 is 5.32 Å².